The van der Waals surface area contributed by atoms with Gasteiger partial charge in [0.15, 0.2) is 5.75 Å². The fourth-order valence-corrected chi connectivity index (χ4v) is 3.92. The van der Waals surface area contributed by atoms with Gasteiger partial charge >= 0.3 is 51.4 Å². The molecule has 1 N–H and O–H groups in total. The van der Waals surface area contributed by atoms with Gasteiger partial charge in [-0.3, -0.25) is 4.55 Å². The van der Waals surface area contributed by atoms with Crippen molar-refractivity contribution in [2.24, 2.45) is 0 Å². The van der Waals surface area contributed by atoms with E-state index in [4.69, 9.17) is 4.74 Å². The van der Waals surface area contributed by atoms with Crippen LogP contribution in [0, 0.1) is 0 Å². The molecule has 0 spiro atoms. The van der Waals surface area contributed by atoms with E-state index in [9.17, 15) is 18.1 Å². The van der Waals surface area contributed by atoms with E-state index in [-0.39, 0.29) is 57.1 Å². The number of aryl methyl sites for hydroxylation is 1. The molecule has 0 saturated carbocycles. The van der Waals surface area contributed by atoms with Crippen LogP contribution in [0.3, 0.4) is 0 Å². The topological polar surface area (TPSA) is 86.7 Å². The molecule has 0 heterocycles. The molecular weight excluding hydrogens is 415 g/mol. The average molecular weight is 445 g/mol. The largest absolute Gasteiger partial charge is 1.00 e. The Labute approximate surface area is 217 Å². The molecule has 0 aliphatic rings. The van der Waals surface area contributed by atoms with Crippen molar-refractivity contribution in [3.8, 4) is 17.2 Å². The molecule has 5 nitrogen and oxygen atoms in total. The van der Waals surface area contributed by atoms with Crippen LogP contribution in [-0.4, -0.2) is 13.0 Å². The average Bonchev–Trinajstić information content (AvgIpc) is 2.65. The fourth-order valence-electron chi connectivity index (χ4n) is 3.19. The minimum absolute atomic E-state index is 0. The molecule has 0 bridgehead atoms. The summed E-state index contributed by atoms with van der Waals surface area (Å²) in [4.78, 5) is -0.687. The second-order valence-corrected chi connectivity index (χ2v) is 8.35. The number of rotatable bonds is 12. The van der Waals surface area contributed by atoms with Crippen LogP contribution >= 0.6 is 0 Å². The Morgan fingerprint density at radius 2 is 1.48 bits per heavy atom. The number of benzene rings is 2. The molecule has 2 rings (SSSR count). The Morgan fingerprint density at radius 1 is 0.897 bits per heavy atom. The molecule has 0 amide bonds. The van der Waals surface area contributed by atoms with Gasteiger partial charge in [-0.2, -0.15) is 8.42 Å². The maximum absolute atomic E-state index is 12.1. The van der Waals surface area contributed by atoms with Crippen LogP contribution in [0.5, 0.6) is 17.2 Å². The smallest absolute Gasteiger partial charge is 0.871 e. The maximum Gasteiger partial charge on any atom is 1.00 e. The molecule has 29 heavy (non-hydrogen) atoms. The summed E-state index contributed by atoms with van der Waals surface area (Å²) in [6.45, 7) is 2.20. The van der Waals surface area contributed by atoms with Crippen LogP contribution in [0.25, 0.3) is 0 Å². The Bertz CT molecular complexity index is 838. The van der Waals surface area contributed by atoms with E-state index < -0.39 is 20.8 Å². The van der Waals surface area contributed by atoms with Crippen molar-refractivity contribution in [2.45, 2.75) is 69.6 Å². The zero-order valence-electron chi connectivity index (χ0n) is 17.4. The van der Waals surface area contributed by atoms with Crippen molar-refractivity contribution in [1.29, 1.82) is 0 Å². The quantitative estimate of drug-likeness (QED) is 0.309. The van der Waals surface area contributed by atoms with Gasteiger partial charge in [-0.1, -0.05) is 88.0 Å². The number of unbranched alkanes of at least 4 members (excludes halogenated alkanes) is 7. The van der Waals surface area contributed by atoms with Crippen LogP contribution in [0.15, 0.2) is 47.4 Å². The first kappa shape index (κ1) is 26.6. The molecule has 7 heteroatoms. The molecule has 2 aromatic carbocycles. The maximum atomic E-state index is 12.1. The van der Waals surface area contributed by atoms with E-state index in [2.05, 4.69) is 6.92 Å². The summed E-state index contributed by atoms with van der Waals surface area (Å²) in [5.41, 5.74) is 0.613. The summed E-state index contributed by atoms with van der Waals surface area (Å²) in [6.07, 6.45) is 9.82. The molecule has 0 radical (unpaired) electrons. The van der Waals surface area contributed by atoms with Gasteiger partial charge in [0.05, 0.1) is 0 Å². The number of hydrogen-bond donors (Lipinski definition) is 1. The Kier molecular flexibility index (Phi) is 12.7. The van der Waals surface area contributed by atoms with Gasteiger partial charge in [0.2, 0.25) is 0 Å². The monoisotopic (exact) mass is 444 g/mol. The van der Waals surface area contributed by atoms with Gasteiger partial charge in [-0.15, -0.1) is 0 Å². The number of hydrogen-bond acceptors (Lipinski definition) is 4. The normalized spacial score (nSPS) is 11.1. The van der Waals surface area contributed by atoms with Crippen molar-refractivity contribution in [1.82, 2.24) is 0 Å². The minimum Gasteiger partial charge on any atom is -0.871 e. The Balaban J connectivity index is 0.00000420. The Hall–Kier alpha value is -0.414. The molecule has 0 fully saturated rings. The molecule has 2 aromatic rings. The molecule has 0 aromatic heterocycles. The van der Waals surface area contributed by atoms with Gasteiger partial charge in [-0.25, -0.2) is 0 Å². The van der Waals surface area contributed by atoms with Gasteiger partial charge in [0.25, 0.3) is 10.1 Å². The molecule has 0 unspecified atom stereocenters. The summed E-state index contributed by atoms with van der Waals surface area (Å²) in [7, 11) is -4.69. The molecule has 0 saturated heterocycles. The van der Waals surface area contributed by atoms with E-state index in [0.717, 1.165) is 19.3 Å². The van der Waals surface area contributed by atoms with Gasteiger partial charge < -0.3 is 9.84 Å². The van der Waals surface area contributed by atoms with Crippen LogP contribution < -0.4 is 61.2 Å². The molecule has 0 atom stereocenters. The van der Waals surface area contributed by atoms with Crippen LogP contribution in [-0.2, 0) is 16.5 Å². The zero-order valence-corrected chi connectivity index (χ0v) is 21.3. The Morgan fingerprint density at radius 3 is 2.07 bits per heavy atom. The van der Waals surface area contributed by atoms with Crippen LogP contribution in [0.2, 0.25) is 0 Å². The van der Waals surface area contributed by atoms with Crippen molar-refractivity contribution < 1.29 is 74.2 Å². The number of para-hydroxylation sites is 1. The second-order valence-electron chi connectivity index (χ2n) is 7.00. The first-order chi connectivity index (χ1) is 13.4. The summed E-state index contributed by atoms with van der Waals surface area (Å²) in [6, 6.07) is 11.4. The molecule has 0 aliphatic carbocycles. The van der Waals surface area contributed by atoms with Gasteiger partial charge in [0.1, 0.15) is 10.6 Å². The molecular formula is C22H29KO5S. The van der Waals surface area contributed by atoms with E-state index in [0.29, 0.717) is 17.7 Å². The number of ether oxygens (including phenoxy) is 1. The van der Waals surface area contributed by atoms with E-state index >= 15 is 0 Å². The van der Waals surface area contributed by atoms with Gasteiger partial charge in [-0.05, 0) is 30.5 Å². The fraction of sp³-hybridized carbons (Fsp3) is 0.455. The van der Waals surface area contributed by atoms with Gasteiger partial charge in [0, 0.05) is 0 Å². The van der Waals surface area contributed by atoms with E-state index in [1.165, 1.54) is 38.2 Å². The van der Waals surface area contributed by atoms with Crippen molar-refractivity contribution in [3.63, 3.8) is 0 Å². The summed E-state index contributed by atoms with van der Waals surface area (Å²) in [5.74, 6) is -0.424. The predicted octanol–water partition coefficient (Wildman–Crippen LogP) is 2.49. The second kappa shape index (κ2) is 13.8. The third-order valence-electron chi connectivity index (χ3n) is 4.68. The van der Waals surface area contributed by atoms with Crippen molar-refractivity contribution >= 4 is 10.1 Å². The predicted molar refractivity (Wildman–Crippen MR) is 109 cm³/mol. The summed E-state index contributed by atoms with van der Waals surface area (Å²) >= 11 is 0. The molecule has 0 aliphatic heterocycles. The zero-order chi connectivity index (χ0) is 20.4. The third-order valence-corrected chi connectivity index (χ3v) is 5.58. The SMILES string of the molecule is CCCCCCCCCCc1ccc([O-])c(S(=O)(=O)O)c1Oc1ccccc1.[K+]. The molecule has 154 valence electrons. The minimum atomic E-state index is -4.69. The van der Waals surface area contributed by atoms with Crippen LogP contribution in [0.4, 0.5) is 0 Å². The first-order valence-corrected chi connectivity index (χ1v) is 11.4. The first-order valence-electron chi connectivity index (χ1n) is 9.96. The summed E-state index contributed by atoms with van der Waals surface area (Å²) in [5, 5.41) is 12.1. The van der Waals surface area contributed by atoms with E-state index in [1.807, 2.05) is 6.07 Å². The standard InChI is InChI=1S/C22H30O5S.K/c1-2-3-4-5-6-7-8-10-13-18-16-17-20(23)22(28(24,25)26)21(18)27-19-14-11-9-12-15-19;/h9,11-12,14-17,23H,2-8,10,13H2,1H3,(H,24,25,26);/q;+1/p-1. The van der Waals surface area contributed by atoms with Crippen molar-refractivity contribution in [2.75, 3.05) is 0 Å². The van der Waals surface area contributed by atoms with E-state index in [1.54, 1.807) is 30.3 Å². The van der Waals surface area contributed by atoms with Crippen molar-refractivity contribution in [3.05, 3.63) is 48.0 Å². The van der Waals surface area contributed by atoms with Crippen LogP contribution in [0.1, 0.15) is 63.9 Å². The summed E-state index contributed by atoms with van der Waals surface area (Å²) < 4.78 is 38.9. The third kappa shape index (κ3) is 9.08.